The number of benzene rings is 1. The molecule has 0 spiro atoms. The minimum Gasteiger partial charge on any atom is -0.462 e. The maximum Gasteiger partial charge on any atom is 0.346 e. The van der Waals surface area contributed by atoms with Crippen molar-refractivity contribution in [3.63, 3.8) is 0 Å². The first-order valence-corrected chi connectivity index (χ1v) is 9.21. The lowest BCUT2D eigenvalue weighted by Crippen LogP contribution is -2.21. The average Bonchev–Trinajstić information content (AvgIpc) is 2.56. The van der Waals surface area contributed by atoms with Gasteiger partial charge in [-0.3, -0.25) is 4.79 Å². The number of halogens is 2. The summed E-state index contributed by atoms with van der Waals surface area (Å²) in [7, 11) is 0. The van der Waals surface area contributed by atoms with Gasteiger partial charge in [-0.1, -0.05) is 35.0 Å². The average molecular weight is 416 g/mol. The van der Waals surface area contributed by atoms with E-state index in [1.807, 2.05) is 0 Å². The Labute approximate surface area is 163 Å². The predicted octanol–water partition coefficient (Wildman–Crippen LogP) is 3.29. The fourth-order valence-electron chi connectivity index (χ4n) is 2.02. The third-order valence-corrected chi connectivity index (χ3v) is 4.65. The van der Waals surface area contributed by atoms with Gasteiger partial charge in [-0.15, -0.1) is 0 Å². The number of anilines is 1. The SMILES string of the molecule is CCOC(=O)c1c(SCC(=O)Nc2cc(Cl)ccc2Cl)nc(=O)[nH]c1C. The molecule has 1 heterocycles. The van der Waals surface area contributed by atoms with Crippen molar-refractivity contribution in [1.82, 2.24) is 9.97 Å². The molecule has 0 unspecified atom stereocenters. The lowest BCUT2D eigenvalue weighted by atomic mass is 10.2. The molecule has 0 bridgehead atoms. The molecule has 1 aromatic heterocycles. The Morgan fingerprint density at radius 2 is 2.08 bits per heavy atom. The Balaban J connectivity index is 2.15. The van der Waals surface area contributed by atoms with Crippen molar-refractivity contribution in [2.75, 3.05) is 17.7 Å². The van der Waals surface area contributed by atoms with Crippen LogP contribution in [0.3, 0.4) is 0 Å². The number of aryl methyl sites for hydroxylation is 1. The van der Waals surface area contributed by atoms with Gasteiger partial charge in [0.05, 0.1) is 23.1 Å². The molecule has 0 saturated heterocycles. The molecule has 0 atom stereocenters. The number of carbonyl (C=O) groups excluding carboxylic acids is 2. The van der Waals surface area contributed by atoms with Gasteiger partial charge in [0.1, 0.15) is 10.6 Å². The van der Waals surface area contributed by atoms with Gasteiger partial charge in [-0.25, -0.2) is 9.59 Å². The highest BCUT2D eigenvalue weighted by molar-refractivity contribution is 8.00. The number of esters is 1. The molecular formula is C16H15Cl2N3O4S. The van der Waals surface area contributed by atoms with E-state index in [1.54, 1.807) is 26.0 Å². The van der Waals surface area contributed by atoms with Crippen LogP contribution in [-0.4, -0.2) is 34.2 Å². The molecule has 1 aromatic carbocycles. The summed E-state index contributed by atoms with van der Waals surface area (Å²) in [4.78, 5) is 42.1. The van der Waals surface area contributed by atoms with Crippen LogP contribution < -0.4 is 11.0 Å². The van der Waals surface area contributed by atoms with Crippen LogP contribution in [0.5, 0.6) is 0 Å². The highest BCUT2D eigenvalue weighted by Gasteiger charge is 2.20. The van der Waals surface area contributed by atoms with E-state index in [0.29, 0.717) is 21.4 Å². The Kier molecular flexibility index (Phi) is 7.07. The summed E-state index contributed by atoms with van der Waals surface area (Å²) in [5, 5.41) is 3.50. The third kappa shape index (κ3) is 5.23. The van der Waals surface area contributed by atoms with Gasteiger partial charge in [0.25, 0.3) is 0 Å². The number of amides is 1. The topological polar surface area (TPSA) is 101 Å². The molecule has 0 radical (unpaired) electrons. The van der Waals surface area contributed by atoms with E-state index in [1.165, 1.54) is 6.07 Å². The molecule has 0 aliphatic heterocycles. The molecule has 2 rings (SSSR count). The van der Waals surface area contributed by atoms with E-state index in [-0.39, 0.29) is 22.9 Å². The summed E-state index contributed by atoms with van der Waals surface area (Å²) >= 11 is 12.8. The zero-order chi connectivity index (χ0) is 19.3. The largest absolute Gasteiger partial charge is 0.462 e. The Morgan fingerprint density at radius 3 is 2.77 bits per heavy atom. The van der Waals surface area contributed by atoms with E-state index in [2.05, 4.69) is 15.3 Å². The van der Waals surface area contributed by atoms with Crippen LogP contribution in [0.4, 0.5) is 5.69 Å². The second-order valence-corrected chi connectivity index (χ2v) is 6.84. The van der Waals surface area contributed by atoms with Gasteiger partial charge in [0.15, 0.2) is 0 Å². The summed E-state index contributed by atoms with van der Waals surface area (Å²) in [5.74, 6) is -1.10. The zero-order valence-corrected chi connectivity index (χ0v) is 16.2. The van der Waals surface area contributed by atoms with E-state index >= 15 is 0 Å². The van der Waals surface area contributed by atoms with Crippen molar-refractivity contribution >= 4 is 52.5 Å². The Hall–Kier alpha value is -2.03. The fourth-order valence-corrected chi connectivity index (χ4v) is 3.23. The standard InChI is InChI=1S/C16H15Cl2N3O4S/c1-3-25-15(23)13-8(2)19-16(24)21-14(13)26-7-12(22)20-11-6-9(17)4-5-10(11)18/h4-6H,3,7H2,1-2H3,(H,20,22)(H,19,21,24). The lowest BCUT2D eigenvalue weighted by molar-refractivity contribution is -0.113. The van der Waals surface area contributed by atoms with Crippen molar-refractivity contribution < 1.29 is 14.3 Å². The first-order valence-electron chi connectivity index (χ1n) is 7.47. The smallest absolute Gasteiger partial charge is 0.346 e. The maximum atomic E-state index is 12.2. The van der Waals surface area contributed by atoms with Crippen LogP contribution >= 0.6 is 35.0 Å². The highest BCUT2D eigenvalue weighted by Crippen LogP contribution is 2.26. The van der Waals surface area contributed by atoms with E-state index in [0.717, 1.165) is 11.8 Å². The van der Waals surface area contributed by atoms with Crippen LogP contribution in [0.25, 0.3) is 0 Å². The normalized spacial score (nSPS) is 10.5. The molecule has 0 aliphatic carbocycles. The number of aromatic nitrogens is 2. The van der Waals surface area contributed by atoms with E-state index in [9.17, 15) is 14.4 Å². The van der Waals surface area contributed by atoms with Crippen LogP contribution in [0.1, 0.15) is 23.0 Å². The first kappa shape index (κ1) is 20.3. The molecule has 2 aromatic rings. The number of nitrogens with zero attached hydrogens (tertiary/aromatic N) is 1. The number of nitrogens with one attached hydrogen (secondary N) is 2. The van der Waals surface area contributed by atoms with Gasteiger partial charge in [-0.2, -0.15) is 4.98 Å². The third-order valence-electron chi connectivity index (χ3n) is 3.11. The fraction of sp³-hybridized carbons (Fsp3) is 0.250. The number of H-pyrrole nitrogens is 1. The minimum absolute atomic E-state index is 0.0921. The summed E-state index contributed by atoms with van der Waals surface area (Å²) in [5.41, 5.74) is 0.205. The highest BCUT2D eigenvalue weighted by atomic mass is 35.5. The molecule has 0 aliphatic rings. The van der Waals surface area contributed by atoms with Crippen molar-refractivity contribution in [3.05, 3.63) is 50.0 Å². The van der Waals surface area contributed by atoms with Crippen LogP contribution in [0.2, 0.25) is 10.0 Å². The molecule has 0 saturated carbocycles. The molecule has 7 nitrogen and oxygen atoms in total. The second kappa shape index (κ2) is 9.07. The van der Waals surface area contributed by atoms with Crippen LogP contribution in [0, 0.1) is 6.92 Å². The molecule has 1 amide bonds. The minimum atomic E-state index is -0.616. The van der Waals surface area contributed by atoms with Crippen LogP contribution in [-0.2, 0) is 9.53 Å². The Bertz CT molecular complexity index is 902. The van der Waals surface area contributed by atoms with E-state index in [4.69, 9.17) is 27.9 Å². The van der Waals surface area contributed by atoms with E-state index < -0.39 is 17.6 Å². The number of carbonyl (C=O) groups is 2. The number of hydrogen-bond donors (Lipinski definition) is 2. The predicted molar refractivity (Wildman–Crippen MR) is 101 cm³/mol. The Morgan fingerprint density at radius 1 is 1.35 bits per heavy atom. The van der Waals surface area contributed by atoms with Gasteiger partial charge >= 0.3 is 11.7 Å². The number of thioether (sulfide) groups is 1. The van der Waals surface area contributed by atoms with Crippen molar-refractivity contribution in [2.24, 2.45) is 0 Å². The number of hydrogen-bond acceptors (Lipinski definition) is 6. The lowest BCUT2D eigenvalue weighted by Gasteiger charge is -2.10. The molecule has 2 N–H and O–H groups in total. The number of aromatic amines is 1. The molecular weight excluding hydrogens is 401 g/mol. The van der Waals surface area contributed by atoms with Gasteiger partial charge in [0.2, 0.25) is 5.91 Å². The summed E-state index contributed by atoms with van der Waals surface area (Å²) in [6.45, 7) is 3.40. The molecule has 26 heavy (non-hydrogen) atoms. The van der Waals surface area contributed by atoms with Gasteiger partial charge < -0.3 is 15.0 Å². The van der Waals surface area contributed by atoms with Gasteiger partial charge in [0, 0.05) is 10.7 Å². The molecule has 0 fully saturated rings. The number of rotatable bonds is 6. The van der Waals surface area contributed by atoms with Gasteiger partial charge in [-0.05, 0) is 32.0 Å². The summed E-state index contributed by atoms with van der Waals surface area (Å²) in [6, 6.07) is 4.68. The maximum absolute atomic E-state index is 12.2. The quantitative estimate of drug-likeness (QED) is 0.426. The van der Waals surface area contributed by atoms with Crippen molar-refractivity contribution in [3.8, 4) is 0 Å². The van der Waals surface area contributed by atoms with Crippen LogP contribution in [0.15, 0.2) is 28.0 Å². The summed E-state index contributed by atoms with van der Waals surface area (Å²) in [6.07, 6.45) is 0. The summed E-state index contributed by atoms with van der Waals surface area (Å²) < 4.78 is 4.97. The number of ether oxygens (including phenoxy) is 1. The monoisotopic (exact) mass is 415 g/mol. The zero-order valence-electron chi connectivity index (χ0n) is 13.9. The van der Waals surface area contributed by atoms with Crippen molar-refractivity contribution in [1.29, 1.82) is 0 Å². The molecule has 138 valence electrons. The van der Waals surface area contributed by atoms with Crippen molar-refractivity contribution in [2.45, 2.75) is 18.9 Å². The second-order valence-electron chi connectivity index (χ2n) is 5.03. The molecule has 10 heteroatoms. The first-order chi connectivity index (χ1) is 12.3.